The van der Waals surface area contributed by atoms with Gasteiger partial charge in [-0.05, 0) is 36.8 Å². The van der Waals surface area contributed by atoms with Gasteiger partial charge in [0, 0.05) is 23.1 Å². The molecular weight excluding hydrogens is 390 g/mol. The Hall–Kier alpha value is -2.40. The van der Waals surface area contributed by atoms with Gasteiger partial charge < -0.3 is 9.47 Å². The van der Waals surface area contributed by atoms with E-state index in [1.807, 2.05) is 53.4 Å². The van der Waals surface area contributed by atoms with Crippen molar-refractivity contribution in [1.82, 2.24) is 14.5 Å². The zero-order chi connectivity index (χ0) is 18.5. The number of allylic oxidation sites excluding steroid dienone is 1. The molecular formula is C21H22BrN3O. The molecule has 134 valence electrons. The van der Waals surface area contributed by atoms with E-state index in [1.165, 1.54) is 0 Å². The third-order valence-corrected chi connectivity index (χ3v) is 4.72. The Labute approximate surface area is 162 Å². The SMILES string of the molecule is C=CCn1c(CN(CCC)C(=O)c2cccc(Br)c2)nc2ccccc21. The van der Waals surface area contributed by atoms with Crippen LogP contribution in [0.4, 0.5) is 0 Å². The summed E-state index contributed by atoms with van der Waals surface area (Å²) in [6, 6.07) is 15.5. The molecule has 1 heterocycles. The molecule has 0 radical (unpaired) electrons. The van der Waals surface area contributed by atoms with Crippen molar-refractivity contribution in [2.24, 2.45) is 0 Å². The second-order valence-corrected chi connectivity index (χ2v) is 7.07. The Morgan fingerprint density at radius 2 is 2.08 bits per heavy atom. The largest absolute Gasteiger partial charge is 0.331 e. The number of fused-ring (bicyclic) bond motifs is 1. The number of nitrogens with zero attached hydrogens (tertiary/aromatic N) is 3. The van der Waals surface area contributed by atoms with Crippen molar-refractivity contribution in [3.8, 4) is 0 Å². The standard InChI is InChI=1S/C21H22BrN3O/c1-3-12-24(21(26)16-8-7-9-17(22)14-16)15-20-23-18-10-5-6-11-19(18)25(20)13-4-2/h4-11,14H,2-3,12-13,15H2,1H3. The fourth-order valence-corrected chi connectivity index (χ4v) is 3.48. The van der Waals surface area contributed by atoms with Gasteiger partial charge in [0.1, 0.15) is 5.82 Å². The number of benzene rings is 2. The Balaban J connectivity index is 1.95. The van der Waals surface area contributed by atoms with Crippen molar-refractivity contribution in [3.63, 3.8) is 0 Å². The van der Waals surface area contributed by atoms with Crippen LogP contribution in [-0.4, -0.2) is 26.9 Å². The van der Waals surface area contributed by atoms with E-state index in [2.05, 4.69) is 40.1 Å². The molecule has 0 N–H and O–H groups in total. The predicted octanol–water partition coefficient (Wildman–Crippen LogP) is 5.04. The fraction of sp³-hybridized carbons (Fsp3) is 0.238. The maximum absolute atomic E-state index is 13.0. The van der Waals surface area contributed by atoms with E-state index < -0.39 is 0 Å². The van der Waals surface area contributed by atoms with Crippen LogP contribution in [0.3, 0.4) is 0 Å². The van der Waals surface area contributed by atoms with E-state index >= 15 is 0 Å². The molecule has 1 amide bonds. The van der Waals surface area contributed by atoms with Gasteiger partial charge in [0.05, 0.1) is 17.6 Å². The number of hydrogen-bond acceptors (Lipinski definition) is 2. The van der Waals surface area contributed by atoms with Crippen molar-refractivity contribution < 1.29 is 4.79 Å². The summed E-state index contributed by atoms with van der Waals surface area (Å²) in [5.74, 6) is 0.897. The van der Waals surface area contributed by atoms with E-state index in [0.717, 1.165) is 27.8 Å². The van der Waals surface area contributed by atoms with Gasteiger partial charge in [-0.2, -0.15) is 0 Å². The molecule has 3 rings (SSSR count). The molecule has 1 aromatic heterocycles. The lowest BCUT2D eigenvalue weighted by molar-refractivity contribution is 0.0737. The highest BCUT2D eigenvalue weighted by Gasteiger charge is 2.19. The van der Waals surface area contributed by atoms with Crippen molar-refractivity contribution in [2.75, 3.05) is 6.54 Å². The van der Waals surface area contributed by atoms with Gasteiger partial charge >= 0.3 is 0 Å². The lowest BCUT2D eigenvalue weighted by Gasteiger charge is -2.22. The van der Waals surface area contributed by atoms with Crippen molar-refractivity contribution >= 4 is 32.9 Å². The molecule has 0 saturated carbocycles. The zero-order valence-corrected chi connectivity index (χ0v) is 16.4. The van der Waals surface area contributed by atoms with Crippen LogP contribution in [0.1, 0.15) is 29.5 Å². The number of rotatable bonds is 7. The lowest BCUT2D eigenvalue weighted by Crippen LogP contribution is -2.32. The van der Waals surface area contributed by atoms with Crippen molar-refractivity contribution in [1.29, 1.82) is 0 Å². The van der Waals surface area contributed by atoms with Crippen LogP contribution in [0.2, 0.25) is 0 Å². The van der Waals surface area contributed by atoms with E-state index in [9.17, 15) is 4.79 Å². The Bertz CT molecular complexity index is 932. The second kappa shape index (κ2) is 8.32. The average Bonchev–Trinajstić information content (AvgIpc) is 2.98. The molecule has 0 saturated heterocycles. The van der Waals surface area contributed by atoms with Crippen LogP contribution in [0.15, 0.2) is 65.7 Å². The van der Waals surface area contributed by atoms with Gasteiger partial charge in [0.15, 0.2) is 0 Å². The summed E-state index contributed by atoms with van der Waals surface area (Å²) in [7, 11) is 0. The van der Waals surface area contributed by atoms with E-state index in [0.29, 0.717) is 25.2 Å². The fourth-order valence-electron chi connectivity index (χ4n) is 3.08. The maximum Gasteiger partial charge on any atom is 0.254 e. The Morgan fingerprint density at radius 3 is 2.81 bits per heavy atom. The molecule has 5 heteroatoms. The highest BCUT2D eigenvalue weighted by Crippen LogP contribution is 2.19. The van der Waals surface area contributed by atoms with Crippen molar-refractivity contribution in [3.05, 3.63) is 77.0 Å². The number of halogens is 1. The predicted molar refractivity (Wildman–Crippen MR) is 109 cm³/mol. The minimum Gasteiger partial charge on any atom is -0.331 e. The van der Waals surface area contributed by atoms with Crippen molar-refractivity contribution in [2.45, 2.75) is 26.4 Å². The third kappa shape index (κ3) is 3.88. The van der Waals surface area contributed by atoms with E-state index in [1.54, 1.807) is 0 Å². The summed E-state index contributed by atoms with van der Waals surface area (Å²) in [4.78, 5) is 19.6. The summed E-state index contributed by atoms with van der Waals surface area (Å²) in [6.07, 6.45) is 2.75. The quantitative estimate of drug-likeness (QED) is 0.510. The number of imidazole rings is 1. The lowest BCUT2D eigenvalue weighted by atomic mass is 10.2. The van der Waals surface area contributed by atoms with Gasteiger partial charge in [-0.25, -0.2) is 4.98 Å². The minimum atomic E-state index is 0.0189. The minimum absolute atomic E-state index is 0.0189. The van der Waals surface area contributed by atoms with Gasteiger partial charge in [-0.15, -0.1) is 6.58 Å². The highest BCUT2D eigenvalue weighted by atomic mass is 79.9. The molecule has 2 aromatic carbocycles. The van der Waals surface area contributed by atoms with Gasteiger partial charge in [0.2, 0.25) is 0 Å². The molecule has 0 aliphatic carbocycles. The zero-order valence-electron chi connectivity index (χ0n) is 14.9. The van der Waals surface area contributed by atoms with Crippen LogP contribution in [0, 0.1) is 0 Å². The molecule has 0 fully saturated rings. The molecule has 26 heavy (non-hydrogen) atoms. The van der Waals surface area contributed by atoms with Gasteiger partial charge in [-0.3, -0.25) is 4.79 Å². The number of carbonyl (C=O) groups is 1. The second-order valence-electron chi connectivity index (χ2n) is 6.15. The van der Waals surface area contributed by atoms with Crippen LogP contribution < -0.4 is 0 Å². The summed E-state index contributed by atoms with van der Waals surface area (Å²) < 4.78 is 3.03. The van der Waals surface area contributed by atoms with Crippen LogP contribution in [0.5, 0.6) is 0 Å². The number of para-hydroxylation sites is 2. The molecule has 4 nitrogen and oxygen atoms in total. The Kier molecular flexibility index (Phi) is 5.89. The number of aromatic nitrogens is 2. The number of amides is 1. The summed E-state index contributed by atoms with van der Waals surface area (Å²) >= 11 is 3.44. The first kappa shape index (κ1) is 18.4. The third-order valence-electron chi connectivity index (χ3n) is 4.23. The average molecular weight is 412 g/mol. The topological polar surface area (TPSA) is 38.1 Å². The smallest absolute Gasteiger partial charge is 0.254 e. The Morgan fingerprint density at radius 1 is 1.27 bits per heavy atom. The molecule has 0 aliphatic heterocycles. The number of carbonyl (C=O) groups excluding carboxylic acids is 1. The molecule has 0 unspecified atom stereocenters. The summed E-state index contributed by atoms with van der Waals surface area (Å²) in [5.41, 5.74) is 2.68. The summed E-state index contributed by atoms with van der Waals surface area (Å²) in [5, 5.41) is 0. The first-order chi connectivity index (χ1) is 12.6. The molecule has 0 bridgehead atoms. The van der Waals surface area contributed by atoms with Crippen LogP contribution >= 0.6 is 15.9 Å². The van der Waals surface area contributed by atoms with Gasteiger partial charge in [-0.1, -0.05) is 47.1 Å². The highest BCUT2D eigenvalue weighted by molar-refractivity contribution is 9.10. The normalized spacial score (nSPS) is 10.8. The van der Waals surface area contributed by atoms with Crippen LogP contribution in [0.25, 0.3) is 11.0 Å². The van der Waals surface area contributed by atoms with E-state index in [-0.39, 0.29) is 5.91 Å². The van der Waals surface area contributed by atoms with Crippen LogP contribution in [-0.2, 0) is 13.1 Å². The monoisotopic (exact) mass is 411 g/mol. The maximum atomic E-state index is 13.0. The van der Waals surface area contributed by atoms with E-state index in [4.69, 9.17) is 4.98 Å². The molecule has 0 atom stereocenters. The molecule has 0 aliphatic rings. The first-order valence-electron chi connectivity index (χ1n) is 8.74. The molecule has 3 aromatic rings. The first-order valence-corrected chi connectivity index (χ1v) is 9.53. The summed E-state index contributed by atoms with van der Waals surface area (Å²) in [6.45, 7) is 7.76. The van der Waals surface area contributed by atoms with Gasteiger partial charge in [0.25, 0.3) is 5.91 Å². The molecule has 0 spiro atoms. The number of hydrogen-bond donors (Lipinski definition) is 0.